The van der Waals surface area contributed by atoms with Gasteiger partial charge in [-0.2, -0.15) is 0 Å². The van der Waals surface area contributed by atoms with Gasteiger partial charge < -0.3 is 10.2 Å². The van der Waals surface area contributed by atoms with Crippen molar-refractivity contribution in [3.05, 3.63) is 29.3 Å². The van der Waals surface area contributed by atoms with Crippen molar-refractivity contribution in [2.45, 2.75) is 58.8 Å². The fraction of sp³-hybridized carbons (Fsp3) is 0.652. The van der Waals surface area contributed by atoms with E-state index in [0.717, 1.165) is 55.3 Å². The van der Waals surface area contributed by atoms with Crippen LogP contribution in [0.2, 0.25) is 0 Å². The van der Waals surface area contributed by atoms with Crippen molar-refractivity contribution < 1.29 is 9.59 Å². The highest BCUT2D eigenvalue weighted by atomic mass is 16.2. The van der Waals surface area contributed by atoms with E-state index < -0.39 is 0 Å². The first-order chi connectivity index (χ1) is 13.5. The number of aryl methyl sites for hydroxylation is 2. The highest BCUT2D eigenvalue weighted by molar-refractivity contribution is 5.93. The Balaban J connectivity index is 1.38. The molecule has 5 nitrogen and oxygen atoms in total. The van der Waals surface area contributed by atoms with Gasteiger partial charge in [0.15, 0.2) is 0 Å². The van der Waals surface area contributed by atoms with Crippen LogP contribution in [0.1, 0.15) is 56.1 Å². The molecule has 0 unspecified atom stereocenters. The van der Waals surface area contributed by atoms with Crippen LogP contribution in [0.5, 0.6) is 0 Å². The monoisotopic (exact) mass is 385 g/mol. The largest absolute Gasteiger partial charge is 0.340 e. The summed E-state index contributed by atoms with van der Waals surface area (Å²) in [5.74, 6) is 1.08. The minimum atomic E-state index is 0.0227. The number of benzene rings is 1. The Bertz CT molecular complexity index is 654. The van der Waals surface area contributed by atoms with Crippen LogP contribution in [0.15, 0.2) is 18.2 Å². The van der Waals surface area contributed by atoms with Gasteiger partial charge >= 0.3 is 0 Å². The molecule has 1 aliphatic carbocycles. The Morgan fingerprint density at radius 3 is 2.29 bits per heavy atom. The summed E-state index contributed by atoms with van der Waals surface area (Å²) in [6, 6.07) is 6.03. The minimum Gasteiger partial charge on any atom is -0.340 e. The van der Waals surface area contributed by atoms with E-state index in [9.17, 15) is 9.59 Å². The second kappa shape index (κ2) is 10.1. The molecular weight excluding hydrogens is 350 g/mol. The zero-order valence-corrected chi connectivity index (χ0v) is 17.5. The van der Waals surface area contributed by atoms with Crippen molar-refractivity contribution >= 4 is 17.5 Å². The maximum absolute atomic E-state index is 12.5. The Morgan fingerprint density at radius 1 is 1.00 bits per heavy atom. The Hall–Kier alpha value is -1.88. The van der Waals surface area contributed by atoms with Gasteiger partial charge in [0.2, 0.25) is 11.8 Å². The number of rotatable bonds is 6. The van der Waals surface area contributed by atoms with Gasteiger partial charge in [0.1, 0.15) is 0 Å². The molecule has 1 aromatic carbocycles. The standard InChI is InChI=1S/C23H35N3O2/c1-18-7-6-8-19(2)23(18)24-21(27)17-25-13-15-26(16-14-25)22(28)12-11-20-9-4-3-5-10-20/h6-8,20H,3-5,9-17H2,1-2H3,(H,24,27). The number of carbonyl (C=O) groups excluding carboxylic acids is 2. The Labute approximate surface area is 169 Å². The van der Waals surface area contributed by atoms with Gasteiger partial charge in [-0.25, -0.2) is 0 Å². The summed E-state index contributed by atoms with van der Waals surface area (Å²) in [5, 5.41) is 3.06. The van der Waals surface area contributed by atoms with Crippen molar-refractivity contribution in [2.75, 3.05) is 38.0 Å². The fourth-order valence-electron chi connectivity index (χ4n) is 4.51. The van der Waals surface area contributed by atoms with E-state index >= 15 is 0 Å². The number of hydrogen-bond acceptors (Lipinski definition) is 3. The van der Waals surface area contributed by atoms with Crippen molar-refractivity contribution in [1.29, 1.82) is 0 Å². The minimum absolute atomic E-state index is 0.0227. The molecule has 154 valence electrons. The van der Waals surface area contributed by atoms with E-state index in [4.69, 9.17) is 0 Å². The summed E-state index contributed by atoms with van der Waals surface area (Å²) in [6.07, 6.45) is 8.38. The first-order valence-corrected chi connectivity index (χ1v) is 10.9. The number of carbonyl (C=O) groups is 2. The topological polar surface area (TPSA) is 52.7 Å². The van der Waals surface area contributed by atoms with Crippen LogP contribution >= 0.6 is 0 Å². The number of anilines is 1. The second-order valence-corrected chi connectivity index (χ2v) is 8.51. The second-order valence-electron chi connectivity index (χ2n) is 8.51. The molecule has 2 aliphatic rings. The van der Waals surface area contributed by atoms with Crippen LogP contribution in [0, 0.1) is 19.8 Å². The van der Waals surface area contributed by atoms with E-state index in [2.05, 4.69) is 10.2 Å². The van der Waals surface area contributed by atoms with Crippen LogP contribution in [-0.2, 0) is 9.59 Å². The summed E-state index contributed by atoms with van der Waals surface area (Å²) in [5.41, 5.74) is 3.09. The molecule has 1 aromatic rings. The fourth-order valence-corrected chi connectivity index (χ4v) is 4.51. The third-order valence-electron chi connectivity index (χ3n) is 6.33. The molecule has 0 aromatic heterocycles. The third-order valence-corrected chi connectivity index (χ3v) is 6.33. The van der Waals surface area contributed by atoms with Gasteiger partial charge in [-0.05, 0) is 37.3 Å². The van der Waals surface area contributed by atoms with Crippen molar-refractivity contribution in [1.82, 2.24) is 9.80 Å². The van der Waals surface area contributed by atoms with Crippen molar-refractivity contribution in [3.63, 3.8) is 0 Å². The number of nitrogens with one attached hydrogen (secondary N) is 1. The van der Waals surface area contributed by atoms with E-state index in [1.165, 1.54) is 32.1 Å². The maximum atomic E-state index is 12.5. The van der Waals surface area contributed by atoms with E-state index in [0.29, 0.717) is 18.9 Å². The quantitative estimate of drug-likeness (QED) is 0.811. The molecule has 2 amide bonds. The molecule has 1 N–H and O–H groups in total. The van der Waals surface area contributed by atoms with Crippen LogP contribution in [0.4, 0.5) is 5.69 Å². The average Bonchev–Trinajstić information content (AvgIpc) is 2.70. The number of para-hydroxylation sites is 1. The zero-order chi connectivity index (χ0) is 19.9. The van der Waals surface area contributed by atoms with Gasteiger partial charge in [0, 0.05) is 38.3 Å². The van der Waals surface area contributed by atoms with Crippen molar-refractivity contribution in [2.24, 2.45) is 5.92 Å². The van der Waals surface area contributed by atoms with Gasteiger partial charge in [0.25, 0.3) is 0 Å². The summed E-state index contributed by atoms with van der Waals surface area (Å²) in [4.78, 5) is 29.1. The van der Waals surface area contributed by atoms with Crippen LogP contribution in [0.3, 0.4) is 0 Å². The van der Waals surface area contributed by atoms with Gasteiger partial charge in [-0.1, -0.05) is 50.3 Å². The molecule has 0 radical (unpaired) electrons. The van der Waals surface area contributed by atoms with Crippen LogP contribution < -0.4 is 5.32 Å². The van der Waals surface area contributed by atoms with E-state index in [1.807, 2.05) is 36.9 Å². The van der Waals surface area contributed by atoms with Gasteiger partial charge in [0.05, 0.1) is 6.54 Å². The predicted octanol–water partition coefficient (Wildman–Crippen LogP) is 3.75. The summed E-state index contributed by atoms with van der Waals surface area (Å²) in [6.45, 7) is 7.43. The maximum Gasteiger partial charge on any atom is 0.238 e. The summed E-state index contributed by atoms with van der Waals surface area (Å²) in [7, 11) is 0. The lowest BCUT2D eigenvalue weighted by atomic mass is 9.86. The SMILES string of the molecule is Cc1cccc(C)c1NC(=O)CN1CCN(C(=O)CCC2CCCCC2)CC1. The predicted molar refractivity (Wildman–Crippen MR) is 113 cm³/mol. The molecular formula is C23H35N3O2. The molecule has 1 saturated heterocycles. The molecule has 5 heteroatoms. The highest BCUT2D eigenvalue weighted by Crippen LogP contribution is 2.27. The average molecular weight is 386 g/mol. The van der Waals surface area contributed by atoms with Gasteiger partial charge in [-0.3, -0.25) is 14.5 Å². The highest BCUT2D eigenvalue weighted by Gasteiger charge is 2.23. The lowest BCUT2D eigenvalue weighted by Crippen LogP contribution is -2.50. The lowest BCUT2D eigenvalue weighted by Gasteiger charge is -2.34. The molecule has 28 heavy (non-hydrogen) atoms. The normalized spacial score (nSPS) is 18.9. The molecule has 0 bridgehead atoms. The zero-order valence-electron chi connectivity index (χ0n) is 17.5. The van der Waals surface area contributed by atoms with E-state index in [-0.39, 0.29) is 5.91 Å². The lowest BCUT2D eigenvalue weighted by molar-refractivity contribution is -0.133. The first kappa shape index (κ1) is 20.8. The smallest absolute Gasteiger partial charge is 0.238 e. The first-order valence-electron chi connectivity index (χ1n) is 10.9. The molecule has 2 fully saturated rings. The Kier molecular flexibility index (Phi) is 7.49. The van der Waals surface area contributed by atoms with E-state index in [1.54, 1.807) is 0 Å². The van der Waals surface area contributed by atoms with Crippen molar-refractivity contribution in [3.8, 4) is 0 Å². The van der Waals surface area contributed by atoms with Crippen LogP contribution in [-0.4, -0.2) is 54.3 Å². The van der Waals surface area contributed by atoms with Crippen LogP contribution in [0.25, 0.3) is 0 Å². The third kappa shape index (κ3) is 5.81. The molecule has 0 atom stereocenters. The molecule has 3 rings (SSSR count). The number of nitrogens with zero attached hydrogens (tertiary/aromatic N) is 2. The summed E-state index contributed by atoms with van der Waals surface area (Å²) < 4.78 is 0. The number of hydrogen-bond donors (Lipinski definition) is 1. The number of piperazine rings is 1. The summed E-state index contributed by atoms with van der Waals surface area (Å²) >= 11 is 0. The molecule has 1 saturated carbocycles. The molecule has 1 heterocycles. The Morgan fingerprint density at radius 2 is 1.64 bits per heavy atom. The molecule has 0 spiro atoms. The number of amides is 2. The van der Waals surface area contributed by atoms with Gasteiger partial charge in [-0.15, -0.1) is 0 Å². The molecule has 1 aliphatic heterocycles.